The Morgan fingerprint density at radius 2 is 2.29 bits per heavy atom. The van der Waals surface area contributed by atoms with E-state index < -0.39 is 10.8 Å². The van der Waals surface area contributed by atoms with E-state index in [1.165, 1.54) is 0 Å². The predicted molar refractivity (Wildman–Crippen MR) is 56.9 cm³/mol. The zero-order valence-corrected chi connectivity index (χ0v) is 8.59. The first-order valence-corrected chi connectivity index (χ1v) is 5.79. The van der Waals surface area contributed by atoms with Gasteiger partial charge in [0.2, 0.25) is 0 Å². The fraction of sp³-hybridized carbons (Fsp3) is 0.300. The molecule has 0 aromatic heterocycles. The van der Waals surface area contributed by atoms with Crippen LogP contribution in [0.15, 0.2) is 24.3 Å². The van der Waals surface area contributed by atoms with Crippen LogP contribution in [-0.2, 0) is 16.6 Å². The lowest BCUT2D eigenvalue weighted by Gasteiger charge is -2.00. The summed E-state index contributed by atoms with van der Waals surface area (Å²) in [4.78, 5) is 0. The normalized spacial score (nSPS) is 12.0. The van der Waals surface area contributed by atoms with Gasteiger partial charge in [-0.2, -0.15) is 5.26 Å². The lowest BCUT2D eigenvalue weighted by Crippen LogP contribution is -2.11. The van der Waals surface area contributed by atoms with Gasteiger partial charge in [-0.15, -0.1) is 0 Å². The monoisotopic (exact) mass is 208 g/mol. The minimum absolute atomic E-state index is 0.435. The predicted octanol–water partition coefficient (Wildman–Crippen LogP) is 0.766. The highest BCUT2D eigenvalue weighted by atomic mass is 32.2. The molecule has 0 fully saturated rings. The Hall–Kier alpha value is -1.18. The molecule has 0 radical (unpaired) electrons. The minimum atomic E-state index is -0.916. The van der Waals surface area contributed by atoms with Crippen LogP contribution < -0.4 is 5.73 Å². The Kier molecular flexibility index (Phi) is 4.30. The van der Waals surface area contributed by atoms with Crippen molar-refractivity contribution in [3.05, 3.63) is 35.4 Å². The number of nitrogens with zero attached hydrogens (tertiary/aromatic N) is 1. The van der Waals surface area contributed by atoms with Gasteiger partial charge in [-0.1, -0.05) is 12.1 Å². The third-order valence-corrected chi connectivity index (χ3v) is 3.08. The molecule has 0 aliphatic rings. The van der Waals surface area contributed by atoms with Crippen LogP contribution in [0.1, 0.15) is 11.1 Å². The summed E-state index contributed by atoms with van der Waals surface area (Å²) >= 11 is 0. The fourth-order valence-electron chi connectivity index (χ4n) is 1.12. The average molecular weight is 208 g/mol. The van der Waals surface area contributed by atoms with Gasteiger partial charge in [0.1, 0.15) is 0 Å². The van der Waals surface area contributed by atoms with Crippen molar-refractivity contribution in [2.24, 2.45) is 5.73 Å². The molecule has 1 unspecified atom stereocenters. The van der Waals surface area contributed by atoms with E-state index in [4.69, 9.17) is 11.0 Å². The molecule has 74 valence electrons. The van der Waals surface area contributed by atoms with Gasteiger partial charge in [-0.05, 0) is 17.7 Å². The van der Waals surface area contributed by atoms with E-state index in [0.29, 0.717) is 23.6 Å². The van der Waals surface area contributed by atoms with E-state index >= 15 is 0 Å². The lowest BCUT2D eigenvalue weighted by molar-refractivity contribution is 0.682. The van der Waals surface area contributed by atoms with Gasteiger partial charge in [-0.3, -0.25) is 4.21 Å². The third kappa shape index (κ3) is 3.29. The summed E-state index contributed by atoms with van der Waals surface area (Å²) in [5.74, 6) is 0.990. The molecule has 1 aromatic carbocycles. The van der Waals surface area contributed by atoms with Crippen LogP contribution in [0.2, 0.25) is 0 Å². The van der Waals surface area contributed by atoms with Crippen LogP contribution in [-0.4, -0.2) is 16.5 Å². The molecule has 0 bridgehead atoms. The summed E-state index contributed by atoms with van der Waals surface area (Å²) < 4.78 is 11.4. The summed E-state index contributed by atoms with van der Waals surface area (Å²) in [6.07, 6.45) is 0. The fourth-order valence-corrected chi connectivity index (χ4v) is 2.08. The highest BCUT2D eigenvalue weighted by Crippen LogP contribution is 2.06. The summed E-state index contributed by atoms with van der Waals surface area (Å²) in [5, 5.41) is 8.65. The molecule has 0 heterocycles. The molecule has 0 spiro atoms. The smallest absolute Gasteiger partial charge is 0.0991 e. The zero-order chi connectivity index (χ0) is 10.4. The van der Waals surface area contributed by atoms with Crippen molar-refractivity contribution in [3.63, 3.8) is 0 Å². The minimum Gasteiger partial charge on any atom is -0.330 e. The first-order chi connectivity index (χ1) is 6.76. The zero-order valence-electron chi connectivity index (χ0n) is 7.77. The van der Waals surface area contributed by atoms with Crippen LogP contribution in [0, 0.1) is 11.3 Å². The Bertz CT molecular complexity index is 371. The molecule has 1 aromatic rings. The maximum Gasteiger partial charge on any atom is 0.0991 e. The molecule has 0 saturated carbocycles. The second-order valence-corrected chi connectivity index (χ2v) is 4.47. The van der Waals surface area contributed by atoms with E-state index in [9.17, 15) is 4.21 Å². The average Bonchev–Trinajstić information content (AvgIpc) is 2.18. The molecule has 14 heavy (non-hydrogen) atoms. The van der Waals surface area contributed by atoms with Crippen molar-refractivity contribution in [2.45, 2.75) is 5.75 Å². The standard InChI is InChI=1S/C10H12N2OS/c11-4-5-14(13)8-10-3-1-2-9(6-10)7-12/h1-3,6H,4-5,8,11H2. The molecule has 1 rings (SSSR count). The summed E-state index contributed by atoms with van der Waals surface area (Å²) in [5.41, 5.74) is 6.82. The van der Waals surface area contributed by atoms with Crippen LogP contribution in [0.3, 0.4) is 0 Å². The van der Waals surface area contributed by atoms with Gasteiger partial charge in [0.25, 0.3) is 0 Å². The number of hydrogen-bond donors (Lipinski definition) is 1. The molecule has 4 heteroatoms. The molecule has 3 nitrogen and oxygen atoms in total. The molecule has 0 saturated heterocycles. The summed E-state index contributed by atoms with van der Waals surface area (Å²) in [6.45, 7) is 0.435. The lowest BCUT2D eigenvalue weighted by atomic mass is 10.2. The SMILES string of the molecule is N#Cc1cccc(CS(=O)CCN)c1. The highest BCUT2D eigenvalue weighted by Gasteiger charge is 2.01. The van der Waals surface area contributed by atoms with E-state index in [1.807, 2.05) is 12.1 Å². The molecule has 0 amide bonds. The molecular formula is C10H12N2OS. The van der Waals surface area contributed by atoms with Crippen molar-refractivity contribution in [1.29, 1.82) is 5.26 Å². The molecule has 1 atom stereocenters. The van der Waals surface area contributed by atoms with Crippen molar-refractivity contribution < 1.29 is 4.21 Å². The largest absolute Gasteiger partial charge is 0.330 e. The van der Waals surface area contributed by atoms with Crippen LogP contribution in [0.5, 0.6) is 0 Å². The Morgan fingerprint density at radius 3 is 2.93 bits per heavy atom. The van der Waals surface area contributed by atoms with Crippen LogP contribution >= 0.6 is 0 Å². The van der Waals surface area contributed by atoms with Gasteiger partial charge in [0, 0.05) is 28.9 Å². The number of hydrogen-bond acceptors (Lipinski definition) is 3. The first-order valence-electron chi connectivity index (χ1n) is 4.30. The molecule has 0 aliphatic carbocycles. The quantitative estimate of drug-likeness (QED) is 0.794. The second-order valence-electron chi connectivity index (χ2n) is 2.89. The summed E-state index contributed by atoms with van der Waals surface area (Å²) in [6, 6.07) is 9.21. The topological polar surface area (TPSA) is 66.9 Å². The molecular weight excluding hydrogens is 196 g/mol. The number of nitrogens with two attached hydrogens (primary N) is 1. The second kappa shape index (κ2) is 5.53. The van der Waals surface area contributed by atoms with Crippen LogP contribution in [0.4, 0.5) is 0 Å². The van der Waals surface area contributed by atoms with Gasteiger partial charge in [-0.25, -0.2) is 0 Å². The molecule has 2 N–H and O–H groups in total. The van der Waals surface area contributed by atoms with Gasteiger partial charge in [0.05, 0.1) is 11.6 Å². The van der Waals surface area contributed by atoms with Gasteiger partial charge >= 0.3 is 0 Å². The highest BCUT2D eigenvalue weighted by molar-refractivity contribution is 7.84. The van der Waals surface area contributed by atoms with E-state index in [0.717, 1.165) is 5.56 Å². The van der Waals surface area contributed by atoms with Crippen molar-refractivity contribution in [2.75, 3.05) is 12.3 Å². The van der Waals surface area contributed by atoms with Crippen molar-refractivity contribution in [1.82, 2.24) is 0 Å². The van der Waals surface area contributed by atoms with Crippen molar-refractivity contribution >= 4 is 10.8 Å². The van der Waals surface area contributed by atoms with Gasteiger partial charge in [0.15, 0.2) is 0 Å². The third-order valence-electron chi connectivity index (χ3n) is 1.73. The Balaban J connectivity index is 2.68. The summed E-state index contributed by atoms with van der Waals surface area (Å²) in [7, 11) is -0.916. The molecule has 0 aliphatic heterocycles. The van der Waals surface area contributed by atoms with Gasteiger partial charge < -0.3 is 5.73 Å². The van der Waals surface area contributed by atoms with Crippen LogP contribution in [0.25, 0.3) is 0 Å². The maximum atomic E-state index is 11.4. The Morgan fingerprint density at radius 1 is 1.50 bits per heavy atom. The number of rotatable bonds is 4. The first kappa shape index (κ1) is 10.9. The maximum absolute atomic E-state index is 11.4. The van der Waals surface area contributed by atoms with E-state index in [2.05, 4.69) is 0 Å². The van der Waals surface area contributed by atoms with Crippen molar-refractivity contribution in [3.8, 4) is 6.07 Å². The van der Waals surface area contributed by atoms with E-state index in [1.54, 1.807) is 18.2 Å². The van der Waals surface area contributed by atoms with E-state index in [-0.39, 0.29) is 0 Å². The number of nitriles is 1. The number of benzene rings is 1. The Labute approximate surface area is 86.0 Å².